The first-order chi connectivity index (χ1) is 6.88. The maximum Gasteiger partial charge on any atom is 0.0214 e. The molecule has 0 bridgehead atoms. The Balaban J connectivity index is 1.61. The first kappa shape index (κ1) is 10.0. The van der Waals surface area contributed by atoms with Crippen LogP contribution in [0.2, 0.25) is 0 Å². The van der Waals surface area contributed by atoms with E-state index in [4.69, 9.17) is 6.42 Å². The van der Waals surface area contributed by atoms with Crippen molar-refractivity contribution in [3.05, 3.63) is 0 Å². The van der Waals surface area contributed by atoms with Crippen LogP contribution in [0.3, 0.4) is 0 Å². The minimum Gasteiger partial charge on any atom is -0.301 e. The van der Waals surface area contributed by atoms with Crippen LogP contribution in [0.1, 0.15) is 19.3 Å². The van der Waals surface area contributed by atoms with Gasteiger partial charge in [-0.25, -0.2) is 0 Å². The Morgan fingerprint density at radius 2 is 1.71 bits per heavy atom. The fraction of sp³-hybridized carbons (Fsp3) is 0.833. The second-order valence-electron chi connectivity index (χ2n) is 4.54. The van der Waals surface area contributed by atoms with Crippen LogP contribution < -0.4 is 0 Å². The number of piperazine rings is 1. The molecule has 1 heterocycles. The molecule has 0 spiro atoms. The number of hydrogen-bond acceptors (Lipinski definition) is 2. The van der Waals surface area contributed by atoms with E-state index in [1.165, 1.54) is 45.6 Å². The Bertz CT molecular complexity index is 207. The first-order valence-electron chi connectivity index (χ1n) is 5.76. The standard InChI is InChI=1S/C12H20N2/c1-2-3-6-13-7-9-14(10-8-13)11-12-4-5-12/h1,12H,3-11H2. The molecule has 2 heteroatoms. The molecule has 2 aliphatic rings. The minimum atomic E-state index is 0.905. The van der Waals surface area contributed by atoms with Crippen molar-refractivity contribution in [2.75, 3.05) is 39.3 Å². The van der Waals surface area contributed by atoms with E-state index in [0.29, 0.717) is 0 Å². The monoisotopic (exact) mass is 192 g/mol. The van der Waals surface area contributed by atoms with Crippen molar-refractivity contribution in [3.63, 3.8) is 0 Å². The zero-order valence-electron chi connectivity index (χ0n) is 8.91. The van der Waals surface area contributed by atoms with E-state index in [0.717, 1.165) is 18.9 Å². The number of terminal acetylenes is 1. The van der Waals surface area contributed by atoms with Gasteiger partial charge >= 0.3 is 0 Å². The van der Waals surface area contributed by atoms with E-state index in [2.05, 4.69) is 15.7 Å². The van der Waals surface area contributed by atoms with Gasteiger partial charge in [-0.3, -0.25) is 4.90 Å². The van der Waals surface area contributed by atoms with Crippen LogP contribution in [-0.2, 0) is 0 Å². The van der Waals surface area contributed by atoms with Crippen LogP contribution in [0.25, 0.3) is 0 Å². The first-order valence-corrected chi connectivity index (χ1v) is 5.76. The molecule has 0 N–H and O–H groups in total. The molecule has 0 aromatic carbocycles. The molecule has 1 saturated carbocycles. The zero-order valence-corrected chi connectivity index (χ0v) is 8.91. The van der Waals surface area contributed by atoms with E-state index in [-0.39, 0.29) is 0 Å². The summed E-state index contributed by atoms with van der Waals surface area (Å²) in [6.45, 7) is 7.38. The Kier molecular flexibility index (Phi) is 3.44. The van der Waals surface area contributed by atoms with E-state index in [1.54, 1.807) is 0 Å². The summed E-state index contributed by atoms with van der Waals surface area (Å²) >= 11 is 0. The lowest BCUT2D eigenvalue weighted by Crippen LogP contribution is -2.47. The van der Waals surface area contributed by atoms with Crippen LogP contribution in [0.5, 0.6) is 0 Å². The summed E-state index contributed by atoms with van der Waals surface area (Å²) < 4.78 is 0. The average Bonchev–Trinajstić information content (AvgIpc) is 3.01. The van der Waals surface area contributed by atoms with Crippen molar-refractivity contribution in [3.8, 4) is 12.3 Å². The summed E-state index contributed by atoms with van der Waals surface area (Å²) in [6, 6.07) is 0. The SMILES string of the molecule is C#CCCN1CCN(CC2CC2)CC1. The van der Waals surface area contributed by atoms with E-state index >= 15 is 0 Å². The summed E-state index contributed by atoms with van der Waals surface area (Å²) in [4.78, 5) is 5.10. The summed E-state index contributed by atoms with van der Waals surface area (Å²) in [7, 11) is 0. The maximum atomic E-state index is 5.26. The van der Waals surface area contributed by atoms with Crippen LogP contribution in [0, 0.1) is 18.3 Å². The van der Waals surface area contributed by atoms with Crippen molar-refractivity contribution >= 4 is 0 Å². The van der Waals surface area contributed by atoms with Crippen LogP contribution >= 0.6 is 0 Å². The van der Waals surface area contributed by atoms with Gasteiger partial charge in [0.05, 0.1) is 0 Å². The van der Waals surface area contributed by atoms with Crippen molar-refractivity contribution in [2.24, 2.45) is 5.92 Å². The Labute approximate surface area is 87.3 Å². The lowest BCUT2D eigenvalue weighted by atomic mass is 10.2. The van der Waals surface area contributed by atoms with Gasteiger partial charge in [-0.1, -0.05) is 0 Å². The molecule has 0 radical (unpaired) electrons. The summed E-state index contributed by atoms with van der Waals surface area (Å²) in [5.41, 5.74) is 0. The number of rotatable bonds is 4. The van der Waals surface area contributed by atoms with Crippen molar-refractivity contribution < 1.29 is 0 Å². The third-order valence-electron chi connectivity index (χ3n) is 3.25. The molecular weight excluding hydrogens is 172 g/mol. The molecule has 0 aromatic heterocycles. The fourth-order valence-corrected chi connectivity index (χ4v) is 2.08. The molecule has 14 heavy (non-hydrogen) atoms. The van der Waals surface area contributed by atoms with Crippen LogP contribution in [0.4, 0.5) is 0 Å². The summed E-state index contributed by atoms with van der Waals surface area (Å²) in [5, 5.41) is 0. The maximum absolute atomic E-state index is 5.26. The highest BCUT2D eigenvalue weighted by molar-refractivity contribution is 4.86. The molecule has 0 atom stereocenters. The largest absolute Gasteiger partial charge is 0.301 e. The summed E-state index contributed by atoms with van der Waals surface area (Å²) in [6.07, 6.45) is 9.10. The second kappa shape index (κ2) is 4.82. The normalized spacial score (nSPS) is 24.8. The quantitative estimate of drug-likeness (QED) is 0.614. The Hall–Kier alpha value is -0.520. The van der Waals surface area contributed by atoms with Gasteiger partial charge in [-0.2, -0.15) is 0 Å². The van der Waals surface area contributed by atoms with Crippen molar-refractivity contribution in [1.29, 1.82) is 0 Å². The van der Waals surface area contributed by atoms with E-state index in [9.17, 15) is 0 Å². The molecule has 2 nitrogen and oxygen atoms in total. The third-order valence-corrected chi connectivity index (χ3v) is 3.25. The van der Waals surface area contributed by atoms with Gasteiger partial charge in [0.25, 0.3) is 0 Å². The highest BCUT2D eigenvalue weighted by Gasteiger charge is 2.25. The van der Waals surface area contributed by atoms with Gasteiger partial charge in [-0.15, -0.1) is 12.3 Å². The lowest BCUT2D eigenvalue weighted by Gasteiger charge is -2.34. The van der Waals surface area contributed by atoms with Crippen molar-refractivity contribution in [2.45, 2.75) is 19.3 Å². The minimum absolute atomic E-state index is 0.905. The smallest absolute Gasteiger partial charge is 0.0214 e. The topological polar surface area (TPSA) is 6.48 Å². The Morgan fingerprint density at radius 1 is 1.07 bits per heavy atom. The van der Waals surface area contributed by atoms with Gasteiger partial charge < -0.3 is 4.90 Å². The average molecular weight is 192 g/mol. The summed E-state index contributed by atoms with van der Waals surface area (Å²) in [5.74, 6) is 3.75. The molecule has 1 aliphatic heterocycles. The van der Waals surface area contributed by atoms with Gasteiger partial charge in [0.1, 0.15) is 0 Å². The van der Waals surface area contributed by atoms with Gasteiger partial charge in [0.15, 0.2) is 0 Å². The fourth-order valence-electron chi connectivity index (χ4n) is 2.08. The zero-order chi connectivity index (χ0) is 9.80. The predicted octanol–water partition coefficient (Wildman–Crippen LogP) is 1.04. The van der Waals surface area contributed by atoms with Crippen LogP contribution in [-0.4, -0.2) is 49.1 Å². The molecule has 1 saturated heterocycles. The molecule has 0 aromatic rings. The molecule has 1 aliphatic carbocycles. The highest BCUT2D eigenvalue weighted by atomic mass is 15.3. The predicted molar refractivity (Wildman–Crippen MR) is 59.1 cm³/mol. The molecule has 0 unspecified atom stereocenters. The van der Waals surface area contributed by atoms with E-state index < -0.39 is 0 Å². The third kappa shape index (κ3) is 3.01. The van der Waals surface area contributed by atoms with Crippen LogP contribution in [0.15, 0.2) is 0 Å². The van der Waals surface area contributed by atoms with Gasteiger partial charge in [0.2, 0.25) is 0 Å². The van der Waals surface area contributed by atoms with Gasteiger partial charge in [-0.05, 0) is 18.8 Å². The lowest BCUT2D eigenvalue weighted by molar-refractivity contribution is 0.130. The Morgan fingerprint density at radius 3 is 2.29 bits per heavy atom. The number of hydrogen-bond donors (Lipinski definition) is 0. The number of nitrogens with zero attached hydrogens (tertiary/aromatic N) is 2. The molecule has 2 fully saturated rings. The van der Waals surface area contributed by atoms with Crippen molar-refractivity contribution in [1.82, 2.24) is 9.80 Å². The van der Waals surface area contributed by atoms with Gasteiger partial charge in [0, 0.05) is 45.7 Å². The highest BCUT2D eigenvalue weighted by Crippen LogP contribution is 2.29. The molecule has 2 rings (SSSR count). The molecular formula is C12H20N2. The molecule has 78 valence electrons. The molecule has 0 amide bonds. The second-order valence-corrected chi connectivity index (χ2v) is 4.54. The van der Waals surface area contributed by atoms with E-state index in [1.807, 2.05) is 0 Å².